The Morgan fingerprint density at radius 3 is 2.35 bits per heavy atom. The number of nitrogens with zero attached hydrogens (tertiary/aromatic N) is 2. The predicted octanol–water partition coefficient (Wildman–Crippen LogP) is 0.886. The Morgan fingerprint density at radius 1 is 1.12 bits per heavy atom. The average Bonchev–Trinajstić information content (AvgIpc) is 2.53. The molecule has 0 amide bonds. The van der Waals surface area contributed by atoms with Crippen LogP contribution in [-0.4, -0.2) is 70.3 Å². The molecule has 2 bridgehead atoms. The van der Waals surface area contributed by atoms with E-state index in [-0.39, 0.29) is 5.75 Å². The van der Waals surface area contributed by atoms with Crippen molar-refractivity contribution in [3.63, 3.8) is 0 Å². The second-order valence-electron chi connectivity index (χ2n) is 8.18. The zero-order chi connectivity index (χ0) is 18.6. The third-order valence-electron chi connectivity index (χ3n) is 6.38. The van der Waals surface area contributed by atoms with E-state index in [4.69, 9.17) is 0 Å². The van der Waals surface area contributed by atoms with Crippen molar-refractivity contribution in [1.82, 2.24) is 20.3 Å². The predicted molar refractivity (Wildman–Crippen MR) is 106 cm³/mol. The van der Waals surface area contributed by atoms with Crippen LogP contribution < -0.4 is 15.4 Å². The van der Waals surface area contributed by atoms with E-state index >= 15 is 0 Å². The van der Waals surface area contributed by atoms with E-state index in [1.54, 1.807) is 7.05 Å². The lowest BCUT2D eigenvalue weighted by atomic mass is 9.82. The van der Waals surface area contributed by atoms with Gasteiger partial charge >= 0.3 is 0 Å². The van der Waals surface area contributed by atoms with Crippen LogP contribution in [0.25, 0.3) is 0 Å². The zero-order valence-corrected chi connectivity index (χ0v) is 17.0. The standard InChI is InChI=1S/C18H35N5O2S/c1-19-18(20-9-10-26(24,25)21-13-14-5-3-6-14)22-15-11-16-7-4-8-17(12-15)23(16)2/h14-17,21H,3-13H2,1-2H3,(H2,19,20,22). The van der Waals surface area contributed by atoms with Crippen molar-refractivity contribution in [3.05, 3.63) is 0 Å². The minimum atomic E-state index is -3.21. The van der Waals surface area contributed by atoms with Crippen molar-refractivity contribution >= 4 is 16.0 Å². The van der Waals surface area contributed by atoms with Gasteiger partial charge in [-0.1, -0.05) is 12.8 Å². The maximum absolute atomic E-state index is 12.1. The molecule has 1 aliphatic carbocycles. The third kappa shape index (κ3) is 5.33. The summed E-state index contributed by atoms with van der Waals surface area (Å²) in [4.78, 5) is 6.82. The van der Waals surface area contributed by atoms with Gasteiger partial charge in [0.15, 0.2) is 5.96 Å². The van der Waals surface area contributed by atoms with Gasteiger partial charge in [-0.15, -0.1) is 0 Å². The summed E-state index contributed by atoms with van der Waals surface area (Å²) in [5.74, 6) is 1.34. The van der Waals surface area contributed by atoms with Crippen LogP contribution in [0.5, 0.6) is 0 Å². The SMILES string of the molecule is CN=C(NCCS(=O)(=O)NCC1CCC1)NC1CC2CCCC(C1)N2C. The molecule has 3 N–H and O–H groups in total. The monoisotopic (exact) mass is 385 g/mol. The maximum atomic E-state index is 12.1. The quantitative estimate of drug-likeness (QED) is 0.448. The molecule has 1 saturated carbocycles. The van der Waals surface area contributed by atoms with Crippen LogP contribution >= 0.6 is 0 Å². The highest BCUT2D eigenvalue weighted by Crippen LogP contribution is 2.32. The van der Waals surface area contributed by atoms with Crippen molar-refractivity contribution in [2.24, 2.45) is 10.9 Å². The summed E-state index contributed by atoms with van der Waals surface area (Å²) in [6.45, 7) is 0.965. The molecule has 0 radical (unpaired) electrons. The largest absolute Gasteiger partial charge is 0.355 e. The van der Waals surface area contributed by atoms with E-state index < -0.39 is 10.0 Å². The van der Waals surface area contributed by atoms with Gasteiger partial charge in [0.25, 0.3) is 0 Å². The van der Waals surface area contributed by atoms with E-state index in [0.29, 0.717) is 43.1 Å². The fraction of sp³-hybridized carbons (Fsp3) is 0.944. The van der Waals surface area contributed by atoms with Gasteiger partial charge in [0.2, 0.25) is 10.0 Å². The lowest BCUT2D eigenvalue weighted by Crippen LogP contribution is -2.56. The molecule has 2 heterocycles. The van der Waals surface area contributed by atoms with Gasteiger partial charge in [-0.25, -0.2) is 13.1 Å². The fourth-order valence-corrected chi connectivity index (χ4v) is 5.44. The Kier molecular flexibility index (Phi) is 6.80. The molecule has 3 aliphatic rings. The molecule has 2 aliphatic heterocycles. The Bertz CT molecular complexity index is 576. The Labute approximate surface area is 158 Å². The first kappa shape index (κ1) is 19.9. The molecule has 3 fully saturated rings. The summed E-state index contributed by atoms with van der Waals surface area (Å²) in [7, 11) is 0.782. The van der Waals surface area contributed by atoms with E-state index in [1.807, 2.05) is 0 Å². The molecular weight excluding hydrogens is 350 g/mol. The van der Waals surface area contributed by atoms with Gasteiger partial charge in [-0.3, -0.25) is 4.99 Å². The number of guanidine groups is 1. The molecule has 2 unspecified atom stereocenters. The molecule has 7 nitrogen and oxygen atoms in total. The number of rotatable bonds is 7. The summed E-state index contributed by atoms with van der Waals surface area (Å²) in [5.41, 5.74) is 0. The van der Waals surface area contributed by atoms with Crippen molar-refractivity contribution in [2.75, 3.05) is 32.9 Å². The van der Waals surface area contributed by atoms with Gasteiger partial charge in [-0.05, 0) is 51.5 Å². The Morgan fingerprint density at radius 2 is 1.77 bits per heavy atom. The first-order valence-corrected chi connectivity index (χ1v) is 11.8. The molecule has 0 aromatic rings. The number of sulfonamides is 1. The molecule has 2 atom stereocenters. The zero-order valence-electron chi connectivity index (χ0n) is 16.2. The highest BCUT2D eigenvalue weighted by Gasteiger charge is 2.36. The van der Waals surface area contributed by atoms with Crippen LogP contribution in [0.3, 0.4) is 0 Å². The number of piperidine rings is 2. The van der Waals surface area contributed by atoms with Crippen molar-refractivity contribution < 1.29 is 8.42 Å². The first-order valence-electron chi connectivity index (χ1n) is 10.1. The van der Waals surface area contributed by atoms with Crippen LogP contribution in [0, 0.1) is 5.92 Å². The summed E-state index contributed by atoms with van der Waals surface area (Å²) < 4.78 is 26.9. The second kappa shape index (κ2) is 8.89. The van der Waals surface area contributed by atoms with Crippen LogP contribution in [-0.2, 0) is 10.0 Å². The lowest BCUT2D eigenvalue weighted by Gasteiger charge is -2.47. The van der Waals surface area contributed by atoms with Gasteiger partial charge in [-0.2, -0.15) is 0 Å². The molecule has 26 heavy (non-hydrogen) atoms. The van der Waals surface area contributed by atoms with Crippen molar-refractivity contribution in [3.8, 4) is 0 Å². The highest BCUT2D eigenvalue weighted by atomic mass is 32.2. The van der Waals surface area contributed by atoms with E-state index in [2.05, 4.69) is 32.3 Å². The molecule has 2 saturated heterocycles. The highest BCUT2D eigenvalue weighted by molar-refractivity contribution is 7.89. The van der Waals surface area contributed by atoms with E-state index in [9.17, 15) is 8.42 Å². The number of fused-ring (bicyclic) bond motifs is 2. The normalized spacial score (nSPS) is 30.7. The van der Waals surface area contributed by atoms with Crippen LogP contribution in [0.2, 0.25) is 0 Å². The van der Waals surface area contributed by atoms with Crippen LogP contribution in [0.1, 0.15) is 51.4 Å². The molecular formula is C18H35N5O2S. The van der Waals surface area contributed by atoms with Crippen molar-refractivity contribution in [2.45, 2.75) is 69.5 Å². The first-order chi connectivity index (χ1) is 12.5. The molecule has 8 heteroatoms. The molecule has 0 aromatic carbocycles. The fourth-order valence-electron chi connectivity index (χ4n) is 4.44. The minimum absolute atomic E-state index is 0.0824. The van der Waals surface area contributed by atoms with E-state index in [1.165, 1.54) is 25.7 Å². The average molecular weight is 386 g/mol. The second-order valence-corrected chi connectivity index (χ2v) is 10.1. The van der Waals surface area contributed by atoms with Gasteiger partial charge in [0, 0.05) is 38.3 Å². The maximum Gasteiger partial charge on any atom is 0.213 e. The van der Waals surface area contributed by atoms with Crippen molar-refractivity contribution in [1.29, 1.82) is 0 Å². The van der Waals surface area contributed by atoms with Gasteiger partial charge < -0.3 is 15.5 Å². The summed E-state index contributed by atoms with van der Waals surface area (Å²) in [6.07, 6.45) is 9.69. The van der Waals surface area contributed by atoms with Crippen LogP contribution in [0.15, 0.2) is 4.99 Å². The molecule has 0 aromatic heterocycles. The smallest absolute Gasteiger partial charge is 0.213 e. The Balaban J connectivity index is 1.39. The molecule has 150 valence electrons. The molecule has 0 spiro atoms. The summed E-state index contributed by atoms with van der Waals surface area (Å²) >= 11 is 0. The van der Waals surface area contributed by atoms with Crippen LogP contribution in [0.4, 0.5) is 0 Å². The third-order valence-corrected chi connectivity index (χ3v) is 7.73. The molecule has 3 rings (SSSR count). The van der Waals surface area contributed by atoms with E-state index in [0.717, 1.165) is 25.7 Å². The number of nitrogens with one attached hydrogen (secondary N) is 3. The number of aliphatic imine (C=N–C) groups is 1. The topological polar surface area (TPSA) is 85.8 Å². The van der Waals surface area contributed by atoms with Gasteiger partial charge in [0.05, 0.1) is 5.75 Å². The number of hydrogen-bond acceptors (Lipinski definition) is 4. The lowest BCUT2D eigenvalue weighted by molar-refractivity contribution is 0.0526. The van der Waals surface area contributed by atoms with Gasteiger partial charge in [0.1, 0.15) is 0 Å². The summed E-state index contributed by atoms with van der Waals surface area (Å²) in [6, 6.07) is 1.74. The number of hydrogen-bond donors (Lipinski definition) is 3. The Hall–Kier alpha value is -0.860. The summed E-state index contributed by atoms with van der Waals surface area (Å²) in [5, 5.41) is 6.68. The minimum Gasteiger partial charge on any atom is -0.355 e.